The number of benzene rings is 1. The van der Waals surface area contributed by atoms with Crippen molar-refractivity contribution in [3.63, 3.8) is 0 Å². The van der Waals surface area contributed by atoms with Crippen LogP contribution in [0.4, 0.5) is 11.5 Å². The molecule has 0 aliphatic heterocycles. The summed E-state index contributed by atoms with van der Waals surface area (Å²) in [6, 6.07) is 5.31. The van der Waals surface area contributed by atoms with Crippen molar-refractivity contribution in [1.29, 1.82) is 0 Å². The van der Waals surface area contributed by atoms with Crippen molar-refractivity contribution in [3.8, 4) is 0 Å². The zero-order chi connectivity index (χ0) is 17.7. The van der Waals surface area contributed by atoms with Gasteiger partial charge in [-0.1, -0.05) is 6.07 Å². The van der Waals surface area contributed by atoms with Crippen LogP contribution < -0.4 is 16.2 Å². The Morgan fingerprint density at radius 3 is 2.58 bits per heavy atom. The summed E-state index contributed by atoms with van der Waals surface area (Å²) >= 11 is 0. The second kappa shape index (κ2) is 7.02. The zero-order valence-corrected chi connectivity index (χ0v) is 13.0. The van der Waals surface area contributed by atoms with Crippen LogP contribution >= 0.6 is 0 Å². The van der Waals surface area contributed by atoms with Gasteiger partial charge in [-0.3, -0.25) is 4.79 Å². The van der Waals surface area contributed by atoms with E-state index in [1.165, 1.54) is 36.7 Å². The van der Waals surface area contributed by atoms with E-state index in [-0.39, 0.29) is 22.1 Å². The monoisotopic (exact) mass is 351 g/mol. The Balaban J connectivity index is 1.97. The number of hydrogen-bond donors (Lipinski definition) is 3. The first-order valence-corrected chi connectivity index (χ1v) is 7.98. The number of ether oxygens (including phenoxy) is 1. The Bertz CT molecular complexity index is 884. The van der Waals surface area contributed by atoms with Crippen LogP contribution in [-0.4, -0.2) is 36.9 Å². The van der Waals surface area contributed by atoms with Gasteiger partial charge in [0.2, 0.25) is 10.0 Å². The Morgan fingerprint density at radius 2 is 1.92 bits per heavy atom. The van der Waals surface area contributed by atoms with Gasteiger partial charge in [0.15, 0.2) is 18.1 Å². The molecule has 2 rings (SSSR count). The SMILES string of the molecule is Nc1nccnc1C(=O)OCC(=O)Nc1cccc(S(N)(=O)=O)c1. The van der Waals surface area contributed by atoms with Crippen molar-refractivity contribution in [1.82, 2.24) is 9.97 Å². The maximum atomic E-state index is 11.8. The summed E-state index contributed by atoms with van der Waals surface area (Å²) in [5, 5.41) is 7.37. The number of anilines is 2. The maximum Gasteiger partial charge on any atom is 0.361 e. The summed E-state index contributed by atoms with van der Waals surface area (Å²) in [5.74, 6) is -1.71. The smallest absolute Gasteiger partial charge is 0.361 e. The fraction of sp³-hybridized carbons (Fsp3) is 0.0769. The summed E-state index contributed by atoms with van der Waals surface area (Å²) in [5.41, 5.74) is 5.44. The van der Waals surface area contributed by atoms with Crippen molar-refractivity contribution in [2.75, 3.05) is 17.7 Å². The largest absolute Gasteiger partial charge is 0.451 e. The molecule has 0 unspecified atom stereocenters. The molecule has 0 bridgehead atoms. The molecule has 1 aromatic heterocycles. The molecule has 0 fully saturated rings. The summed E-state index contributed by atoms with van der Waals surface area (Å²) < 4.78 is 27.3. The van der Waals surface area contributed by atoms with E-state index in [1.54, 1.807) is 0 Å². The highest BCUT2D eigenvalue weighted by atomic mass is 32.2. The summed E-state index contributed by atoms with van der Waals surface area (Å²) in [6.07, 6.45) is 2.56. The van der Waals surface area contributed by atoms with Crippen molar-refractivity contribution in [2.24, 2.45) is 5.14 Å². The first-order valence-electron chi connectivity index (χ1n) is 6.43. The molecule has 5 N–H and O–H groups in total. The van der Waals surface area contributed by atoms with Gasteiger partial charge in [-0.15, -0.1) is 0 Å². The Hall–Kier alpha value is -3.05. The molecule has 0 saturated carbocycles. The van der Waals surface area contributed by atoms with Gasteiger partial charge in [0.1, 0.15) is 0 Å². The zero-order valence-electron chi connectivity index (χ0n) is 12.2. The van der Waals surface area contributed by atoms with Gasteiger partial charge in [-0.25, -0.2) is 28.3 Å². The predicted octanol–water partition coefficient (Wildman–Crippen LogP) is -0.498. The fourth-order valence-corrected chi connectivity index (χ4v) is 2.21. The Kier molecular flexibility index (Phi) is 5.06. The molecule has 126 valence electrons. The first kappa shape index (κ1) is 17.3. The standard InChI is InChI=1S/C13H13N5O5S/c14-12-11(16-4-5-17-12)13(20)23-7-10(19)18-8-2-1-3-9(6-8)24(15,21)22/h1-6H,7H2,(H2,14,17)(H,18,19)(H2,15,21,22). The second-order valence-electron chi connectivity index (χ2n) is 4.49. The molecule has 0 spiro atoms. The van der Waals surface area contributed by atoms with Crippen molar-refractivity contribution < 1.29 is 22.7 Å². The van der Waals surface area contributed by atoms with Gasteiger partial charge >= 0.3 is 5.97 Å². The number of hydrogen-bond acceptors (Lipinski definition) is 8. The molecule has 0 radical (unpaired) electrons. The van der Waals surface area contributed by atoms with E-state index in [1.807, 2.05) is 0 Å². The number of amides is 1. The van der Waals surface area contributed by atoms with Crippen molar-refractivity contribution in [3.05, 3.63) is 42.4 Å². The van der Waals surface area contributed by atoms with Crippen molar-refractivity contribution >= 4 is 33.4 Å². The molecule has 0 atom stereocenters. The number of rotatable bonds is 5. The van der Waals surface area contributed by atoms with Crippen LogP contribution in [0.25, 0.3) is 0 Å². The Morgan fingerprint density at radius 1 is 1.21 bits per heavy atom. The average molecular weight is 351 g/mol. The lowest BCUT2D eigenvalue weighted by atomic mass is 10.3. The van der Waals surface area contributed by atoms with Gasteiger partial charge in [-0.2, -0.15) is 0 Å². The number of nitrogens with two attached hydrogens (primary N) is 2. The lowest BCUT2D eigenvalue weighted by Gasteiger charge is -2.08. The summed E-state index contributed by atoms with van der Waals surface area (Å²) in [4.78, 5) is 30.7. The number of primary sulfonamides is 1. The molecule has 0 saturated heterocycles. The van der Waals surface area contributed by atoms with E-state index in [0.717, 1.165) is 0 Å². The van der Waals surface area contributed by atoms with Gasteiger partial charge in [0.05, 0.1) is 4.90 Å². The number of nitrogens with one attached hydrogen (secondary N) is 1. The van der Waals surface area contributed by atoms with Crippen LogP contribution in [0.2, 0.25) is 0 Å². The minimum absolute atomic E-state index is 0.122. The fourth-order valence-electron chi connectivity index (χ4n) is 1.65. The van der Waals surface area contributed by atoms with Gasteiger partial charge in [0, 0.05) is 18.1 Å². The Labute approximate surface area is 136 Å². The number of aromatic nitrogens is 2. The highest BCUT2D eigenvalue weighted by molar-refractivity contribution is 7.89. The topological polar surface area (TPSA) is 167 Å². The van der Waals surface area contributed by atoms with Crippen LogP contribution in [0.1, 0.15) is 10.5 Å². The van der Waals surface area contributed by atoms with E-state index in [0.29, 0.717) is 0 Å². The third-order valence-electron chi connectivity index (χ3n) is 2.70. The van der Waals surface area contributed by atoms with E-state index >= 15 is 0 Å². The lowest BCUT2D eigenvalue weighted by molar-refractivity contribution is -0.119. The number of nitrogen functional groups attached to an aromatic ring is 1. The quantitative estimate of drug-likeness (QED) is 0.606. The molecule has 1 amide bonds. The van der Waals surface area contributed by atoms with Crippen molar-refractivity contribution in [2.45, 2.75) is 4.90 Å². The van der Waals surface area contributed by atoms with Crippen LogP contribution in [0.15, 0.2) is 41.6 Å². The van der Waals surface area contributed by atoms with Crippen LogP contribution in [0, 0.1) is 0 Å². The van der Waals surface area contributed by atoms with Gasteiger partial charge in [0.25, 0.3) is 5.91 Å². The third kappa shape index (κ3) is 4.47. The normalized spacial score (nSPS) is 10.9. The third-order valence-corrected chi connectivity index (χ3v) is 3.61. The number of esters is 1. The van der Waals surface area contributed by atoms with Gasteiger partial charge < -0.3 is 15.8 Å². The van der Waals surface area contributed by atoms with Crippen LogP contribution in [0.5, 0.6) is 0 Å². The predicted molar refractivity (Wildman–Crippen MR) is 83.2 cm³/mol. The number of nitrogens with zero attached hydrogens (tertiary/aromatic N) is 2. The lowest BCUT2D eigenvalue weighted by Crippen LogP contribution is -2.22. The second-order valence-corrected chi connectivity index (χ2v) is 6.05. The van der Waals surface area contributed by atoms with Crippen LogP contribution in [-0.2, 0) is 19.6 Å². The minimum atomic E-state index is -3.89. The molecule has 0 aliphatic rings. The molecule has 1 heterocycles. The summed E-state index contributed by atoms with van der Waals surface area (Å²) in [6.45, 7) is -0.617. The highest BCUT2D eigenvalue weighted by Gasteiger charge is 2.16. The van der Waals surface area contributed by atoms with E-state index < -0.39 is 28.5 Å². The number of sulfonamides is 1. The van der Waals surface area contributed by atoms with Gasteiger partial charge in [-0.05, 0) is 18.2 Å². The molecule has 1 aromatic carbocycles. The first-order chi connectivity index (χ1) is 11.3. The molecule has 10 nitrogen and oxygen atoms in total. The molecule has 24 heavy (non-hydrogen) atoms. The van der Waals surface area contributed by atoms with E-state index in [2.05, 4.69) is 15.3 Å². The minimum Gasteiger partial charge on any atom is -0.451 e. The van der Waals surface area contributed by atoms with E-state index in [9.17, 15) is 18.0 Å². The maximum absolute atomic E-state index is 11.8. The highest BCUT2D eigenvalue weighted by Crippen LogP contribution is 2.14. The number of carbonyl (C=O) groups is 2. The molecule has 0 aliphatic carbocycles. The number of carbonyl (C=O) groups excluding carboxylic acids is 2. The average Bonchev–Trinajstić information content (AvgIpc) is 2.52. The summed E-state index contributed by atoms with van der Waals surface area (Å²) in [7, 11) is -3.89. The molecular weight excluding hydrogens is 338 g/mol. The molecule has 11 heteroatoms. The van der Waals surface area contributed by atoms with E-state index in [4.69, 9.17) is 15.6 Å². The molecular formula is C13H13N5O5S. The van der Waals surface area contributed by atoms with Crippen LogP contribution in [0.3, 0.4) is 0 Å². The molecule has 2 aromatic rings.